The lowest BCUT2D eigenvalue weighted by atomic mass is 9.87. The lowest BCUT2D eigenvalue weighted by molar-refractivity contribution is 0.0615. The quantitative estimate of drug-likeness (QED) is 0.709. The van der Waals surface area contributed by atoms with E-state index < -0.39 is 0 Å². The van der Waals surface area contributed by atoms with E-state index in [-0.39, 0.29) is 11.5 Å². The van der Waals surface area contributed by atoms with Crippen molar-refractivity contribution in [3.05, 3.63) is 35.9 Å². The zero-order valence-corrected chi connectivity index (χ0v) is 12.0. The maximum absolute atomic E-state index is 5.85. The lowest BCUT2D eigenvalue weighted by Crippen LogP contribution is -2.23. The van der Waals surface area contributed by atoms with Gasteiger partial charge in [-0.15, -0.1) is 0 Å². The van der Waals surface area contributed by atoms with Crippen LogP contribution in [0.5, 0.6) is 0 Å². The molecule has 0 aromatic heterocycles. The summed E-state index contributed by atoms with van der Waals surface area (Å²) in [4.78, 5) is 0. The van der Waals surface area contributed by atoms with Crippen molar-refractivity contribution in [2.45, 2.75) is 46.1 Å². The highest BCUT2D eigenvalue weighted by atomic mass is 16.5. The fourth-order valence-corrected chi connectivity index (χ4v) is 1.89. The Balaban J connectivity index is 2.15. The molecule has 0 bridgehead atoms. The van der Waals surface area contributed by atoms with E-state index in [2.05, 4.69) is 45.0 Å². The maximum Gasteiger partial charge on any atom is 0.0796 e. The highest BCUT2D eigenvalue weighted by molar-refractivity contribution is 5.16. The van der Waals surface area contributed by atoms with Crippen LogP contribution in [0.2, 0.25) is 0 Å². The van der Waals surface area contributed by atoms with Gasteiger partial charge in [-0.2, -0.15) is 0 Å². The molecule has 102 valence electrons. The summed E-state index contributed by atoms with van der Waals surface area (Å²) in [7, 11) is 0. The molecule has 1 aromatic carbocycles. The van der Waals surface area contributed by atoms with Gasteiger partial charge in [0.05, 0.1) is 6.10 Å². The molecule has 1 atom stereocenters. The van der Waals surface area contributed by atoms with Crippen LogP contribution in [-0.4, -0.2) is 13.2 Å². The fraction of sp³-hybridized carbons (Fsp3) is 0.625. The van der Waals surface area contributed by atoms with Crippen LogP contribution in [0.3, 0.4) is 0 Å². The zero-order valence-electron chi connectivity index (χ0n) is 12.0. The van der Waals surface area contributed by atoms with Crippen LogP contribution in [0.15, 0.2) is 30.3 Å². The molecule has 0 aliphatic carbocycles. The van der Waals surface area contributed by atoms with Crippen molar-refractivity contribution in [1.29, 1.82) is 0 Å². The molecular weight excluding hydrogens is 222 g/mol. The molecule has 0 fully saturated rings. The Morgan fingerprint density at radius 1 is 1.17 bits per heavy atom. The number of hydrogen-bond donors (Lipinski definition) is 1. The van der Waals surface area contributed by atoms with Crippen molar-refractivity contribution in [2.75, 3.05) is 13.2 Å². The van der Waals surface area contributed by atoms with Crippen molar-refractivity contribution in [3.63, 3.8) is 0 Å². The standard InChI is InChI=1S/C16H27NO/c1-14(15-9-5-4-6-10-15)18-12-8-7-11-16(2,3)13-17/h4-6,9-10,14H,7-8,11-13,17H2,1-3H3. The predicted octanol–water partition coefficient (Wildman–Crippen LogP) is 3.92. The van der Waals surface area contributed by atoms with Crippen LogP contribution in [0.1, 0.15) is 51.7 Å². The summed E-state index contributed by atoms with van der Waals surface area (Å²) in [6.07, 6.45) is 3.66. The van der Waals surface area contributed by atoms with Gasteiger partial charge in [-0.3, -0.25) is 0 Å². The largest absolute Gasteiger partial charge is 0.374 e. The highest BCUT2D eigenvalue weighted by Gasteiger charge is 2.14. The second-order valence-corrected chi connectivity index (χ2v) is 5.75. The van der Waals surface area contributed by atoms with Crippen LogP contribution in [0, 0.1) is 5.41 Å². The molecule has 0 aliphatic rings. The number of ether oxygens (including phenoxy) is 1. The minimum absolute atomic E-state index is 0.189. The Morgan fingerprint density at radius 2 is 1.83 bits per heavy atom. The Bertz CT molecular complexity index is 321. The van der Waals surface area contributed by atoms with E-state index in [1.165, 1.54) is 18.4 Å². The molecule has 1 unspecified atom stereocenters. The summed E-state index contributed by atoms with van der Waals surface area (Å²) in [5, 5.41) is 0. The van der Waals surface area contributed by atoms with Gasteiger partial charge in [0.2, 0.25) is 0 Å². The monoisotopic (exact) mass is 249 g/mol. The number of unbranched alkanes of at least 4 members (excludes halogenated alkanes) is 1. The van der Waals surface area contributed by atoms with E-state index in [1.54, 1.807) is 0 Å². The first-order valence-corrected chi connectivity index (χ1v) is 6.92. The van der Waals surface area contributed by atoms with Crippen LogP contribution >= 0.6 is 0 Å². The molecule has 1 rings (SSSR count). The van der Waals surface area contributed by atoms with Gasteiger partial charge in [-0.05, 0) is 37.3 Å². The minimum atomic E-state index is 0.189. The first-order chi connectivity index (χ1) is 8.55. The Kier molecular flexibility index (Phi) is 6.37. The summed E-state index contributed by atoms with van der Waals surface area (Å²) >= 11 is 0. The van der Waals surface area contributed by atoms with Crippen molar-refractivity contribution in [2.24, 2.45) is 11.1 Å². The average molecular weight is 249 g/mol. The predicted molar refractivity (Wildman–Crippen MR) is 77.5 cm³/mol. The second-order valence-electron chi connectivity index (χ2n) is 5.75. The van der Waals surface area contributed by atoms with Crippen molar-refractivity contribution in [3.8, 4) is 0 Å². The normalized spacial score (nSPS) is 13.6. The van der Waals surface area contributed by atoms with Gasteiger partial charge in [0.1, 0.15) is 0 Å². The molecule has 0 aliphatic heterocycles. The summed E-state index contributed by atoms with van der Waals surface area (Å²) in [6, 6.07) is 10.4. The minimum Gasteiger partial charge on any atom is -0.374 e. The molecule has 0 amide bonds. The molecule has 0 spiro atoms. The molecular formula is C16H27NO. The third-order valence-electron chi connectivity index (χ3n) is 3.44. The van der Waals surface area contributed by atoms with E-state index in [0.29, 0.717) is 0 Å². The molecule has 18 heavy (non-hydrogen) atoms. The van der Waals surface area contributed by atoms with Gasteiger partial charge in [0, 0.05) is 6.61 Å². The SMILES string of the molecule is CC(OCCCCC(C)(C)CN)c1ccccc1. The van der Waals surface area contributed by atoms with Gasteiger partial charge in [-0.1, -0.05) is 50.6 Å². The Labute approximate surface area is 112 Å². The summed E-state index contributed by atoms with van der Waals surface area (Å²) in [5.41, 5.74) is 7.23. The Hall–Kier alpha value is -0.860. The van der Waals surface area contributed by atoms with E-state index in [0.717, 1.165) is 19.6 Å². The van der Waals surface area contributed by atoms with E-state index in [9.17, 15) is 0 Å². The molecule has 0 heterocycles. The summed E-state index contributed by atoms with van der Waals surface area (Å²) in [6.45, 7) is 8.14. The number of benzene rings is 1. The zero-order chi connectivity index (χ0) is 13.4. The number of nitrogens with two attached hydrogens (primary N) is 1. The van der Waals surface area contributed by atoms with Crippen molar-refractivity contribution >= 4 is 0 Å². The van der Waals surface area contributed by atoms with Crippen molar-refractivity contribution in [1.82, 2.24) is 0 Å². The smallest absolute Gasteiger partial charge is 0.0796 e. The molecule has 2 heteroatoms. The van der Waals surface area contributed by atoms with E-state index in [1.807, 2.05) is 6.07 Å². The molecule has 0 saturated heterocycles. The highest BCUT2D eigenvalue weighted by Crippen LogP contribution is 2.22. The number of hydrogen-bond acceptors (Lipinski definition) is 2. The fourth-order valence-electron chi connectivity index (χ4n) is 1.89. The van der Waals surface area contributed by atoms with Gasteiger partial charge < -0.3 is 10.5 Å². The van der Waals surface area contributed by atoms with Crippen molar-refractivity contribution < 1.29 is 4.74 Å². The third-order valence-corrected chi connectivity index (χ3v) is 3.44. The van der Waals surface area contributed by atoms with E-state index >= 15 is 0 Å². The molecule has 2 nitrogen and oxygen atoms in total. The molecule has 0 saturated carbocycles. The maximum atomic E-state index is 5.85. The first kappa shape index (κ1) is 15.2. The third kappa shape index (κ3) is 5.65. The molecule has 2 N–H and O–H groups in total. The summed E-state index contributed by atoms with van der Waals surface area (Å²) < 4.78 is 5.85. The second kappa shape index (κ2) is 7.55. The Morgan fingerprint density at radius 3 is 2.44 bits per heavy atom. The van der Waals surface area contributed by atoms with Gasteiger partial charge in [0.15, 0.2) is 0 Å². The van der Waals surface area contributed by atoms with Crippen LogP contribution in [0.4, 0.5) is 0 Å². The van der Waals surface area contributed by atoms with Crippen LogP contribution in [-0.2, 0) is 4.74 Å². The van der Waals surface area contributed by atoms with Gasteiger partial charge in [0.25, 0.3) is 0 Å². The van der Waals surface area contributed by atoms with Crippen LogP contribution in [0.25, 0.3) is 0 Å². The molecule has 0 radical (unpaired) electrons. The topological polar surface area (TPSA) is 35.2 Å². The van der Waals surface area contributed by atoms with Gasteiger partial charge >= 0.3 is 0 Å². The number of rotatable bonds is 8. The van der Waals surface area contributed by atoms with Crippen LogP contribution < -0.4 is 5.73 Å². The molecule has 1 aromatic rings. The lowest BCUT2D eigenvalue weighted by Gasteiger charge is -2.22. The summed E-state index contributed by atoms with van der Waals surface area (Å²) in [5.74, 6) is 0. The average Bonchev–Trinajstić information content (AvgIpc) is 2.39. The first-order valence-electron chi connectivity index (χ1n) is 6.92. The van der Waals surface area contributed by atoms with E-state index in [4.69, 9.17) is 10.5 Å². The van der Waals surface area contributed by atoms with Gasteiger partial charge in [-0.25, -0.2) is 0 Å².